The van der Waals surface area contributed by atoms with Crippen molar-refractivity contribution in [3.8, 4) is 5.75 Å². The Bertz CT molecular complexity index is 557. The summed E-state index contributed by atoms with van der Waals surface area (Å²) >= 11 is 3.38. The molecule has 0 heterocycles. The molecule has 1 atom stereocenters. The van der Waals surface area contributed by atoms with Crippen molar-refractivity contribution in [2.24, 2.45) is 0 Å². The summed E-state index contributed by atoms with van der Waals surface area (Å²) in [6, 6.07) is 12.5. The summed E-state index contributed by atoms with van der Waals surface area (Å²) in [5.41, 5.74) is 2.00. The molecule has 2 nitrogen and oxygen atoms in total. The maximum atomic E-state index is 13.1. The molecule has 2 aromatic carbocycles. The number of nitrogens with one attached hydrogen (secondary N) is 1. The summed E-state index contributed by atoms with van der Waals surface area (Å²) in [6.07, 6.45) is 0. The minimum absolute atomic E-state index is 0.0726. The number of anilines is 1. The van der Waals surface area contributed by atoms with Gasteiger partial charge in [0.15, 0.2) is 0 Å². The van der Waals surface area contributed by atoms with Crippen LogP contribution in [-0.2, 0) is 0 Å². The van der Waals surface area contributed by atoms with Gasteiger partial charge in [0.25, 0.3) is 0 Å². The molecule has 0 aliphatic rings. The van der Waals surface area contributed by atoms with Crippen LogP contribution in [0.4, 0.5) is 10.1 Å². The van der Waals surface area contributed by atoms with Crippen molar-refractivity contribution >= 4 is 21.6 Å². The molecule has 0 aliphatic carbocycles. The molecule has 1 N–H and O–H groups in total. The lowest BCUT2D eigenvalue weighted by atomic mass is 10.1. The molecule has 0 bridgehead atoms. The van der Waals surface area contributed by atoms with E-state index in [0.717, 1.165) is 21.5 Å². The first-order valence-electron chi connectivity index (χ1n) is 5.95. The molecule has 0 aliphatic heterocycles. The van der Waals surface area contributed by atoms with Gasteiger partial charge in [-0.05, 0) is 48.9 Å². The first kappa shape index (κ1) is 13.9. The Hall–Kier alpha value is -1.55. The number of rotatable bonds is 4. The number of halogens is 2. The fourth-order valence-corrected chi connectivity index (χ4v) is 2.56. The molecule has 4 heteroatoms. The highest BCUT2D eigenvalue weighted by Crippen LogP contribution is 2.27. The molecule has 0 fully saturated rings. The van der Waals surface area contributed by atoms with Crippen molar-refractivity contribution in [2.45, 2.75) is 13.0 Å². The number of hydrogen-bond acceptors (Lipinski definition) is 2. The van der Waals surface area contributed by atoms with Crippen LogP contribution in [0.15, 0.2) is 46.9 Å². The van der Waals surface area contributed by atoms with E-state index < -0.39 is 0 Å². The second-order valence-electron chi connectivity index (χ2n) is 4.26. The van der Waals surface area contributed by atoms with Crippen molar-refractivity contribution in [3.05, 3.63) is 58.3 Å². The molecule has 19 heavy (non-hydrogen) atoms. The topological polar surface area (TPSA) is 21.3 Å². The normalized spacial score (nSPS) is 12.0. The van der Waals surface area contributed by atoms with Gasteiger partial charge in [0.2, 0.25) is 0 Å². The van der Waals surface area contributed by atoms with Crippen LogP contribution in [0.3, 0.4) is 0 Å². The fraction of sp³-hybridized carbons (Fsp3) is 0.200. The standard InChI is InChI=1S/C15H15BrFNO/c1-10(14-8-3-11(17)9-15(14)16)18-12-4-6-13(19-2)7-5-12/h3-10,18H,1-2H3. The molecule has 100 valence electrons. The monoisotopic (exact) mass is 323 g/mol. The third kappa shape index (κ3) is 3.47. The van der Waals surface area contributed by atoms with Crippen LogP contribution in [0.1, 0.15) is 18.5 Å². The van der Waals surface area contributed by atoms with Crippen molar-refractivity contribution in [1.82, 2.24) is 0 Å². The zero-order valence-electron chi connectivity index (χ0n) is 10.8. The SMILES string of the molecule is COc1ccc(NC(C)c2ccc(F)cc2Br)cc1. The van der Waals surface area contributed by atoms with Gasteiger partial charge in [-0.25, -0.2) is 4.39 Å². The Labute approximate surface area is 120 Å². The lowest BCUT2D eigenvalue weighted by molar-refractivity contribution is 0.415. The summed E-state index contributed by atoms with van der Waals surface area (Å²) in [5, 5.41) is 3.36. The van der Waals surface area contributed by atoms with Crippen LogP contribution >= 0.6 is 15.9 Å². The van der Waals surface area contributed by atoms with E-state index in [9.17, 15) is 4.39 Å². The van der Waals surface area contributed by atoms with Crippen molar-refractivity contribution in [1.29, 1.82) is 0 Å². The molecule has 2 rings (SSSR count). The van der Waals surface area contributed by atoms with Crippen molar-refractivity contribution in [3.63, 3.8) is 0 Å². The second-order valence-corrected chi connectivity index (χ2v) is 5.11. The lowest BCUT2D eigenvalue weighted by Gasteiger charge is -2.17. The summed E-state index contributed by atoms with van der Waals surface area (Å²) in [7, 11) is 1.64. The highest BCUT2D eigenvalue weighted by Gasteiger charge is 2.10. The van der Waals surface area contributed by atoms with Crippen LogP contribution in [0.5, 0.6) is 5.75 Å². The Morgan fingerprint density at radius 3 is 2.42 bits per heavy atom. The number of benzene rings is 2. The van der Waals surface area contributed by atoms with E-state index in [-0.39, 0.29) is 11.9 Å². The Morgan fingerprint density at radius 1 is 1.16 bits per heavy atom. The third-order valence-corrected chi connectivity index (χ3v) is 3.59. The first-order chi connectivity index (χ1) is 9.10. The minimum atomic E-state index is -0.243. The van der Waals surface area contributed by atoms with Crippen LogP contribution < -0.4 is 10.1 Å². The third-order valence-electron chi connectivity index (χ3n) is 2.90. The quantitative estimate of drug-likeness (QED) is 0.875. The molecule has 0 saturated heterocycles. The Kier molecular flexibility index (Phi) is 4.43. The number of ether oxygens (including phenoxy) is 1. The van der Waals surface area contributed by atoms with E-state index in [2.05, 4.69) is 21.2 Å². The van der Waals surface area contributed by atoms with Crippen LogP contribution in [0.25, 0.3) is 0 Å². The van der Waals surface area contributed by atoms with Gasteiger partial charge in [0.1, 0.15) is 11.6 Å². The van der Waals surface area contributed by atoms with Gasteiger partial charge < -0.3 is 10.1 Å². The maximum absolute atomic E-state index is 13.1. The smallest absolute Gasteiger partial charge is 0.124 e. The van der Waals surface area contributed by atoms with Gasteiger partial charge in [-0.2, -0.15) is 0 Å². The summed E-state index contributed by atoms with van der Waals surface area (Å²) < 4.78 is 18.9. The summed E-state index contributed by atoms with van der Waals surface area (Å²) in [5.74, 6) is 0.577. The average Bonchev–Trinajstić information content (AvgIpc) is 2.39. The van der Waals surface area contributed by atoms with Crippen LogP contribution in [0, 0.1) is 5.82 Å². The number of hydrogen-bond donors (Lipinski definition) is 1. The van der Waals surface area contributed by atoms with Crippen molar-refractivity contribution < 1.29 is 9.13 Å². The van der Waals surface area contributed by atoms with Gasteiger partial charge in [-0.1, -0.05) is 22.0 Å². The van der Waals surface area contributed by atoms with Gasteiger partial charge >= 0.3 is 0 Å². The molecule has 2 aromatic rings. The zero-order chi connectivity index (χ0) is 13.8. The van der Waals surface area contributed by atoms with Gasteiger partial charge in [-0.15, -0.1) is 0 Å². The van der Waals surface area contributed by atoms with Gasteiger partial charge in [0.05, 0.1) is 7.11 Å². The summed E-state index contributed by atoms with van der Waals surface area (Å²) in [6.45, 7) is 2.03. The Morgan fingerprint density at radius 2 is 1.84 bits per heavy atom. The predicted molar refractivity (Wildman–Crippen MR) is 79.1 cm³/mol. The van der Waals surface area contributed by atoms with E-state index in [4.69, 9.17) is 4.74 Å². The van der Waals surface area contributed by atoms with E-state index >= 15 is 0 Å². The molecular formula is C15H15BrFNO. The van der Waals surface area contributed by atoms with Gasteiger partial charge in [0, 0.05) is 16.2 Å². The average molecular weight is 324 g/mol. The number of methoxy groups -OCH3 is 1. The fourth-order valence-electron chi connectivity index (χ4n) is 1.87. The van der Waals surface area contributed by atoms with Crippen LogP contribution in [0.2, 0.25) is 0 Å². The molecular weight excluding hydrogens is 309 g/mol. The van der Waals surface area contributed by atoms with Crippen molar-refractivity contribution in [2.75, 3.05) is 12.4 Å². The molecule has 0 radical (unpaired) electrons. The van der Waals surface area contributed by atoms with E-state index in [1.54, 1.807) is 13.2 Å². The minimum Gasteiger partial charge on any atom is -0.497 e. The van der Waals surface area contributed by atoms with Gasteiger partial charge in [-0.3, -0.25) is 0 Å². The van der Waals surface area contributed by atoms with E-state index in [1.165, 1.54) is 12.1 Å². The molecule has 0 saturated carbocycles. The Balaban J connectivity index is 2.13. The predicted octanol–water partition coefficient (Wildman–Crippen LogP) is 4.77. The van der Waals surface area contributed by atoms with Crippen LogP contribution in [-0.4, -0.2) is 7.11 Å². The first-order valence-corrected chi connectivity index (χ1v) is 6.75. The largest absolute Gasteiger partial charge is 0.497 e. The van der Waals surface area contributed by atoms with E-state index in [0.29, 0.717) is 0 Å². The maximum Gasteiger partial charge on any atom is 0.124 e. The van der Waals surface area contributed by atoms with E-state index in [1.807, 2.05) is 31.2 Å². The second kappa shape index (κ2) is 6.06. The highest BCUT2D eigenvalue weighted by molar-refractivity contribution is 9.10. The molecule has 0 spiro atoms. The lowest BCUT2D eigenvalue weighted by Crippen LogP contribution is -2.07. The highest BCUT2D eigenvalue weighted by atomic mass is 79.9. The summed E-state index contributed by atoms with van der Waals surface area (Å²) in [4.78, 5) is 0. The molecule has 0 aromatic heterocycles. The molecule has 1 unspecified atom stereocenters. The molecule has 0 amide bonds. The zero-order valence-corrected chi connectivity index (χ0v) is 12.4.